The number of aliphatic hydroxyl groups excluding tert-OH is 2. The number of aliphatic hydroxyl groups is 2. The van der Waals surface area contributed by atoms with Crippen LogP contribution < -0.4 is 5.73 Å². The van der Waals surface area contributed by atoms with Crippen molar-refractivity contribution in [2.24, 2.45) is 0 Å². The molecular weight excluding hydrogens is 257 g/mol. The first kappa shape index (κ1) is 14.9. The normalized spacial score (nSPS) is 14.2. The van der Waals surface area contributed by atoms with Gasteiger partial charge in [0.15, 0.2) is 5.12 Å². The summed E-state index contributed by atoms with van der Waals surface area (Å²) in [5, 5.41) is 19.5. The van der Waals surface area contributed by atoms with Gasteiger partial charge in [-0.2, -0.15) is 0 Å². The standard InChI is InChI=1S/C12H16FNO3S/c1-7(15)18-5-4-11(16)12(17)9-6-8(14)2-3-10(9)13/h2-3,6,11-12,16-17H,4-5,14H2,1H3. The first-order valence-electron chi connectivity index (χ1n) is 5.46. The first-order valence-corrected chi connectivity index (χ1v) is 6.44. The molecule has 0 aliphatic carbocycles. The second-order valence-corrected chi connectivity index (χ2v) is 5.19. The van der Waals surface area contributed by atoms with Crippen LogP contribution >= 0.6 is 11.8 Å². The third kappa shape index (κ3) is 4.29. The van der Waals surface area contributed by atoms with Gasteiger partial charge < -0.3 is 15.9 Å². The summed E-state index contributed by atoms with van der Waals surface area (Å²) in [5.74, 6) is -0.243. The lowest BCUT2D eigenvalue weighted by Gasteiger charge is -2.18. The molecule has 2 atom stereocenters. The van der Waals surface area contributed by atoms with Crippen LogP contribution in [0.2, 0.25) is 0 Å². The molecule has 2 unspecified atom stereocenters. The maximum absolute atomic E-state index is 13.4. The molecule has 0 radical (unpaired) electrons. The number of carbonyl (C=O) groups excluding carboxylic acids is 1. The second kappa shape index (κ2) is 6.72. The third-order valence-electron chi connectivity index (χ3n) is 2.42. The predicted octanol–water partition coefficient (Wildman–Crippen LogP) is 1.47. The van der Waals surface area contributed by atoms with E-state index < -0.39 is 18.0 Å². The van der Waals surface area contributed by atoms with Gasteiger partial charge in [-0.3, -0.25) is 4.79 Å². The molecule has 0 aliphatic heterocycles. The Morgan fingerprint density at radius 3 is 2.78 bits per heavy atom. The molecule has 1 aromatic rings. The molecule has 0 amide bonds. The van der Waals surface area contributed by atoms with Gasteiger partial charge in [-0.25, -0.2) is 4.39 Å². The minimum Gasteiger partial charge on any atom is -0.399 e. The van der Waals surface area contributed by atoms with Gasteiger partial charge in [0.1, 0.15) is 11.9 Å². The van der Waals surface area contributed by atoms with Crippen molar-refractivity contribution in [3.63, 3.8) is 0 Å². The van der Waals surface area contributed by atoms with Crippen LogP contribution in [0, 0.1) is 5.82 Å². The van der Waals surface area contributed by atoms with Gasteiger partial charge in [-0.05, 0) is 24.6 Å². The van der Waals surface area contributed by atoms with Crippen LogP contribution in [0.25, 0.3) is 0 Å². The smallest absolute Gasteiger partial charge is 0.185 e. The van der Waals surface area contributed by atoms with E-state index in [1.807, 2.05) is 0 Å². The summed E-state index contributed by atoms with van der Waals surface area (Å²) in [6.07, 6.45) is -2.28. The highest BCUT2D eigenvalue weighted by Gasteiger charge is 2.21. The number of carbonyl (C=O) groups is 1. The Morgan fingerprint density at radius 2 is 2.17 bits per heavy atom. The van der Waals surface area contributed by atoms with Gasteiger partial charge in [0, 0.05) is 23.9 Å². The van der Waals surface area contributed by atoms with Crippen molar-refractivity contribution in [1.29, 1.82) is 0 Å². The highest BCUT2D eigenvalue weighted by atomic mass is 32.2. The van der Waals surface area contributed by atoms with Crippen LogP contribution in [0.3, 0.4) is 0 Å². The van der Waals surface area contributed by atoms with Gasteiger partial charge in [0.05, 0.1) is 6.10 Å². The SMILES string of the molecule is CC(=O)SCCC(O)C(O)c1cc(N)ccc1F. The number of nitrogen functional groups attached to an aromatic ring is 1. The first-order chi connectivity index (χ1) is 8.41. The van der Waals surface area contributed by atoms with E-state index in [4.69, 9.17) is 5.73 Å². The number of hydrogen-bond donors (Lipinski definition) is 3. The number of thioether (sulfide) groups is 1. The Balaban J connectivity index is 2.64. The molecule has 0 fully saturated rings. The van der Waals surface area contributed by atoms with Crippen molar-refractivity contribution in [2.75, 3.05) is 11.5 Å². The number of rotatable bonds is 5. The number of anilines is 1. The number of benzene rings is 1. The molecule has 0 aromatic heterocycles. The van der Waals surface area contributed by atoms with E-state index in [-0.39, 0.29) is 17.1 Å². The molecule has 6 heteroatoms. The van der Waals surface area contributed by atoms with Crippen molar-refractivity contribution >= 4 is 22.6 Å². The summed E-state index contributed by atoms with van der Waals surface area (Å²) in [4.78, 5) is 10.7. The molecule has 0 heterocycles. The lowest BCUT2D eigenvalue weighted by molar-refractivity contribution is -0.109. The molecule has 0 aliphatic rings. The average Bonchev–Trinajstić information content (AvgIpc) is 2.30. The van der Waals surface area contributed by atoms with E-state index in [0.717, 1.165) is 17.8 Å². The zero-order chi connectivity index (χ0) is 13.7. The largest absolute Gasteiger partial charge is 0.399 e. The Kier molecular flexibility index (Phi) is 5.58. The van der Waals surface area contributed by atoms with Crippen molar-refractivity contribution < 1.29 is 19.4 Å². The van der Waals surface area contributed by atoms with Crippen LogP contribution in [0.4, 0.5) is 10.1 Å². The summed E-state index contributed by atoms with van der Waals surface area (Å²) in [5.41, 5.74) is 5.78. The van der Waals surface area contributed by atoms with Gasteiger partial charge in [-0.15, -0.1) is 0 Å². The van der Waals surface area contributed by atoms with E-state index in [9.17, 15) is 19.4 Å². The van der Waals surface area contributed by atoms with E-state index >= 15 is 0 Å². The Morgan fingerprint density at radius 1 is 1.50 bits per heavy atom. The fraction of sp³-hybridized carbons (Fsp3) is 0.417. The van der Waals surface area contributed by atoms with Gasteiger partial charge in [-0.1, -0.05) is 11.8 Å². The maximum Gasteiger partial charge on any atom is 0.185 e. The van der Waals surface area contributed by atoms with Gasteiger partial charge in [0.2, 0.25) is 0 Å². The summed E-state index contributed by atoms with van der Waals surface area (Å²) in [7, 11) is 0. The van der Waals surface area contributed by atoms with E-state index in [2.05, 4.69) is 0 Å². The fourth-order valence-corrected chi connectivity index (χ4v) is 2.12. The lowest BCUT2D eigenvalue weighted by atomic mass is 10.0. The molecule has 4 nitrogen and oxygen atoms in total. The number of hydrogen-bond acceptors (Lipinski definition) is 5. The topological polar surface area (TPSA) is 83.5 Å². The number of nitrogens with two attached hydrogens (primary N) is 1. The lowest BCUT2D eigenvalue weighted by Crippen LogP contribution is -2.20. The minimum absolute atomic E-state index is 0.0321. The van der Waals surface area contributed by atoms with Crippen molar-refractivity contribution in [2.45, 2.75) is 25.6 Å². The van der Waals surface area contributed by atoms with Crippen LogP contribution in [-0.4, -0.2) is 27.2 Å². The van der Waals surface area contributed by atoms with Crippen LogP contribution in [-0.2, 0) is 4.79 Å². The van der Waals surface area contributed by atoms with Crippen LogP contribution in [0.5, 0.6) is 0 Å². The van der Waals surface area contributed by atoms with E-state index in [0.29, 0.717) is 11.4 Å². The molecule has 1 rings (SSSR count). The molecule has 0 saturated heterocycles. The Bertz CT molecular complexity index is 428. The minimum atomic E-state index is -1.35. The highest BCUT2D eigenvalue weighted by Crippen LogP contribution is 2.24. The predicted molar refractivity (Wildman–Crippen MR) is 69.5 cm³/mol. The quantitative estimate of drug-likeness (QED) is 0.708. The van der Waals surface area contributed by atoms with Crippen molar-refractivity contribution in [3.8, 4) is 0 Å². The fourth-order valence-electron chi connectivity index (χ4n) is 1.48. The molecule has 1 aromatic carbocycles. The van der Waals surface area contributed by atoms with E-state index in [1.165, 1.54) is 19.1 Å². The Hall–Kier alpha value is -1.11. The highest BCUT2D eigenvalue weighted by molar-refractivity contribution is 8.13. The van der Waals surface area contributed by atoms with Crippen molar-refractivity contribution in [3.05, 3.63) is 29.6 Å². The molecule has 0 saturated carbocycles. The summed E-state index contributed by atoms with van der Waals surface area (Å²) < 4.78 is 13.4. The van der Waals surface area contributed by atoms with Gasteiger partial charge >= 0.3 is 0 Å². The van der Waals surface area contributed by atoms with Gasteiger partial charge in [0.25, 0.3) is 0 Å². The monoisotopic (exact) mass is 273 g/mol. The molecule has 100 valence electrons. The zero-order valence-corrected chi connectivity index (χ0v) is 10.8. The molecule has 0 spiro atoms. The Labute approximate surface area is 109 Å². The van der Waals surface area contributed by atoms with E-state index in [1.54, 1.807) is 0 Å². The molecule has 4 N–H and O–H groups in total. The molecule has 18 heavy (non-hydrogen) atoms. The van der Waals surface area contributed by atoms with Crippen molar-refractivity contribution in [1.82, 2.24) is 0 Å². The van der Waals surface area contributed by atoms with Crippen LogP contribution in [0.1, 0.15) is 25.0 Å². The maximum atomic E-state index is 13.4. The average molecular weight is 273 g/mol. The summed E-state index contributed by atoms with van der Waals surface area (Å²) >= 11 is 1.05. The molecule has 0 bridgehead atoms. The second-order valence-electron chi connectivity index (χ2n) is 3.92. The summed E-state index contributed by atoms with van der Waals surface area (Å²) in [6, 6.07) is 3.82. The zero-order valence-electron chi connectivity index (χ0n) is 9.97. The van der Waals surface area contributed by atoms with Crippen LogP contribution in [0.15, 0.2) is 18.2 Å². The number of halogens is 1. The third-order valence-corrected chi connectivity index (χ3v) is 3.27. The molecular formula is C12H16FNO3S. The summed E-state index contributed by atoms with van der Waals surface area (Å²) in [6.45, 7) is 1.42.